The molecule has 0 aliphatic carbocycles. The predicted molar refractivity (Wildman–Crippen MR) is 50.8 cm³/mol. The second-order valence-corrected chi connectivity index (χ2v) is 6.25. The lowest BCUT2D eigenvalue weighted by atomic mass is 10.5. The molecule has 0 aromatic carbocycles. The second kappa shape index (κ2) is 5.98. The van der Waals surface area contributed by atoms with E-state index in [4.69, 9.17) is 22.2 Å². The van der Waals surface area contributed by atoms with Crippen molar-refractivity contribution in [2.24, 2.45) is 0 Å². The van der Waals surface area contributed by atoms with Gasteiger partial charge in [-0.05, 0) is 0 Å². The average Bonchev–Trinajstić information content (AvgIpc) is 1.87. The van der Waals surface area contributed by atoms with Crippen LogP contribution in [0.25, 0.3) is 0 Å². The lowest BCUT2D eigenvalue weighted by molar-refractivity contribution is 0.550. The van der Waals surface area contributed by atoms with E-state index in [1.54, 1.807) is 12.2 Å². The van der Waals surface area contributed by atoms with Crippen LogP contribution >= 0.6 is 22.2 Å². The average molecular weight is 196 g/mol. The highest BCUT2D eigenvalue weighted by atomic mass is 35.7. The Hall–Kier alpha value is 0.237. The van der Waals surface area contributed by atoms with Crippen molar-refractivity contribution >= 4 is 29.7 Å². The maximum atomic E-state index is 5.74. The molecule has 0 fully saturated rings. The first-order valence-corrected chi connectivity index (χ1v) is 6.97. The summed E-state index contributed by atoms with van der Waals surface area (Å²) in [5.74, 6) is 0. The van der Waals surface area contributed by atoms with Crippen molar-refractivity contribution in [2.45, 2.75) is 0 Å². The smallest absolute Gasteiger partial charge is 0.296 e. The minimum Gasteiger partial charge on any atom is -0.296 e. The first kappa shape index (κ1) is 10.2. The zero-order valence-electron chi connectivity index (χ0n) is 5.76. The molecule has 0 aliphatic heterocycles. The fraction of sp³-hybridized carbons (Fsp3) is 0.333. The Balaban J connectivity index is 3.70. The third kappa shape index (κ3) is 4.12. The molecule has 0 bridgehead atoms. The Morgan fingerprint density at radius 2 is 1.60 bits per heavy atom. The van der Waals surface area contributed by atoms with Crippen molar-refractivity contribution in [3.05, 3.63) is 25.3 Å². The van der Waals surface area contributed by atoms with Crippen LogP contribution in [0.1, 0.15) is 0 Å². The van der Waals surface area contributed by atoms with E-state index in [0.717, 1.165) is 13.1 Å². The van der Waals surface area contributed by atoms with Crippen LogP contribution in [0.5, 0.6) is 0 Å². The normalized spacial score (nSPS) is 10.4. The highest BCUT2D eigenvalue weighted by Gasteiger charge is 2.10. The van der Waals surface area contributed by atoms with E-state index < -0.39 is 7.58 Å². The molecule has 0 aromatic heterocycles. The molecule has 0 saturated carbocycles. The van der Waals surface area contributed by atoms with Gasteiger partial charge in [-0.1, -0.05) is 12.2 Å². The molecule has 58 valence electrons. The highest BCUT2D eigenvalue weighted by Crippen LogP contribution is 2.03. The van der Waals surface area contributed by atoms with Gasteiger partial charge < -0.3 is 0 Å². The summed E-state index contributed by atoms with van der Waals surface area (Å²) in [7, 11) is -1.69. The van der Waals surface area contributed by atoms with Crippen molar-refractivity contribution in [1.82, 2.24) is 4.57 Å². The molecule has 0 aliphatic rings. The summed E-state index contributed by atoms with van der Waals surface area (Å²) in [5, 5.41) is 0. The van der Waals surface area contributed by atoms with Crippen LogP contribution in [0.2, 0.25) is 0 Å². The van der Waals surface area contributed by atoms with Gasteiger partial charge in [-0.3, -0.25) is 4.57 Å². The predicted octanol–water partition coefficient (Wildman–Crippen LogP) is 1.86. The van der Waals surface area contributed by atoms with Crippen molar-refractivity contribution < 1.29 is 0 Å². The van der Waals surface area contributed by atoms with E-state index in [0.29, 0.717) is 0 Å². The lowest BCUT2D eigenvalue weighted by Crippen LogP contribution is -2.31. The minimum absolute atomic E-state index is 0.746. The maximum absolute atomic E-state index is 5.74. The van der Waals surface area contributed by atoms with Gasteiger partial charge >= 0.3 is 7.58 Å². The number of halogens is 2. The Morgan fingerprint density at radius 3 is 1.80 bits per heavy atom. The van der Waals surface area contributed by atoms with E-state index in [2.05, 4.69) is 13.2 Å². The van der Waals surface area contributed by atoms with E-state index in [-0.39, 0.29) is 0 Å². The van der Waals surface area contributed by atoms with Crippen molar-refractivity contribution in [3.63, 3.8) is 0 Å². The quantitative estimate of drug-likeness (QED) is 0.368. The fourth-order valence-electron chi connectivity index (χ4n) is 0.566. The molecule has 0 spiro atoms. The van der Waals surface area contributed by atoms with Gasteiger partial charge in [-0.15, -0.1) is 35.3 Å². The van der Waals surface area contributed by atoms with Gasteiger partial charge in [0.25, 0.3) is 0 Å². The second-order valence-electron chi connectivity index (χ2n) is 1.81. The standard InChI is InChI=1S/C6H11Cl2NSi/c1-3-5-9(6-4-2)10(7)8/h3-4,10H,1-2,5-6H2. The first-order chi connectivity index (χ1) is 4.72. The Bertz CT molecular complexity index is 106. The van der Waals surface area contributed by atoms with E-state index in [1.165, 1.54) is 0 Å². The minimum atomic E-state index is -1.69. The van der Waals surface area contributed by atoms with E-state index in [9.17, 15) is 0 Å². The third-order valence-electron chi connectivity index (χ3n) is 1.00. The summed E-state index contributed by atoms with van der Waals surface area (Å²) >= 11 is 11.5. The number of nitrogens with zero attached hydrogens (tertiary/aromatic N) is 1. The van der Waals surface area contributed by atoms with Gasteiger partial charge in [-0.2, -0.15) is 0 Å². The highest BCUT2D eigenvalue weighted by molar-refractivity contribution is 7.32. The van der Waals surface area contributed by atoms with Crippen molar-refractivity contribution in [1.29, 1.82) is 0 Å². The number of hydrogen-bond donors (Lipinski definition) is 0. The van der Waals surface area contributed by atoms with Gasteiger partial charge in [0.2, 0.25) is 0 Å². The Labute approximate surface area is 73.0 Å². The zero-order valence-corrected chi connectivity index (χ0v) is 8.43. The summed E-state index contributed by atoms with van der Waals surface area (Å²) < 4.78 is 1.96. The monoisotopic (exact) mass is 195 g/mol. The molecule has 0 atom stereocenters. The van der Waals surface area contributed by atoms with Crippen LogP contribution in [0.15, 0.2) is 25.3 Å². The zero-order chi connectivity index (χ0) is 7.98. The van der Waals surface area contributed by atoms with E-state index in [1.807, 2.05) is 4.57 Å². The van der Waals surface area contributed by atoms with Gasteiger partial charge in [0.15, 0.2) is 0 Å². The largest absolute Gasteiger partial charge is 0.309 e. The maximum Gasteiger partial charge on any atom is 0.309 e. The molecule has 0 aromatic rings. The molecule has 1 nitrogen and oxygen atoms in total. The van der Waals surface area contributed by atoms with Gasteiger partial charge in [0.1, 0.15) is 0 Å². The van der Waals surface area contributed by atoms with Gasteiger partial charge in [0, 0.05) is 13.1 Å². The summed E-state index contributed by atoms with van der Waals surface area (Å²) in [6.45, 7) is 8.68. The van der Waals surface area contributed by atoms with Crippen LogP contribution < -0.4 is 0 Å². The van der Waals surface area contributed by atoms with E-state index >= 15 is 0 Å². The van der Waals surface area contributed by atoms with Crippen LogP contribution in [-0.4, -0.2) is 25.2 Å². The Kier molecular flexibility index (Phi) is 6.12. The molecule has 0 saturated heterocycles. The lowest BCUT2D eigenvalue weighted by Gasteiger charge is -2.17. The molecule has 0 rings (SSSR count). The van der Waals surface area contributed by atoms with Crippen LogP contribution in [0.3, 0.4) is 0 Å². The SMILES string of the molecule is C=CCN(CC=C)[SiH](Cl)Cl. The van der Waals surface area contributed by atoms with Crippen LogP contribution in [0, 0.1) is 0 Å². The van der Waals surface area contributed by atoms with Crippen LogP contribution in [-0.2, 0) is 0 Å². The van der Waals surface area contributed by atoms with Gasteiger partial charge in [0.05, 0.1) is 0 Å². The molecule has 0 N–H and O–H groups in total. The number of rotatable bonds is 5. The number of hydrogen-bond acceptors (Lipinski definition) is 1. The molecule has 4 heteroatoms. The molecule has 10 heavy (non-hydrogen) atoms. The van der Waals surface area contributed by atoms with Crippen molar-refractivity contribution in [3.8, 4) is 0 Å². The summed E-state index contributed by atoms with van der Waals surface area (Å²) in [4.78, 5) is 0. The molecular weight excluding hydrogens is 185 g/mol. The summed E-state index contributed by atoms with van der Waals surface area (Å²) in [6.07, 6.45) is 3.57. The van der Waals surface area contributed by atoms with Gasteiger partial charge in [-0.25, -0.2) is 0 Å². The molecule has 0 heterocycles. The topological polar surface area (TPSA) is 3.24 Å². The summed E-state index contributed by atoms with van der Waals surface area (Å²) in [6, 6.07) is 0. The molecule has 0 radical (unpaired) electrons. The van der Waals surface area contributed by atoms with Crippen molar-refractivity contribution in [2.75, 3.05) is 13.1 Å². The fourth-order valence-corrected chi connectivity index (χ4v) is 2.14. The first-order valence-electron chi connectivity index (χ1n) is 2.96. The summed E-state index contributed by atoms with van der Waals surface area (Å²) in [5.41, 5.74) is 0. The van der Waals surface area contributed by atoms with Crippen LogP contribution in [0.4, 0.5) is 0 Å². The Morgan fingerprint density at radius 1 is 1.20 bits per heavy atom. The molecular formula is C6H11Cl2NSi. The third-order valence-corrected chi connectivity index (χ3v) is 3.63. The molecule has 0 unspecified atom stereocenters. The molecule has 0 amide bonds.